The van der Waals surface area contributed by atoms with Crippen LogP contribution in [0.1, 0.15) is 30.3 Å². The Morgan fingerprint density at radius 1 is 1.28 bits per heavy atom. The zero-order valence-corrected chi connectivity index (χ0v) is 13.8. The number of nitrogens with one attached hydrogen (secondary N) is 1. The van der Waals surface area contributed by atoms with Gasteiger partial charge in [0.25, 0.3) is 11.5 Å². The van der Waals surface area contributed by atoms with Crippen LogP contribution < -0.4 is 10.9 Å². The molecule has 0 bridgehead atoms. The van der Waals surface area contributed by atoms with Crippen molar-refractivity contribution in [2.75, 3.05) is 5.32 Å². The zero-order chi connectivity index (χ0) is 17.8. The standard InChI is InChI=1S/C19H18FN3O2/c1-2-3-9-23-17(18(24)22-15-5-4-8-21-12-15)10-13-6-7-14(20)11-16(13)19(23)25/h4-8,10-12H,2-3,9H2,1H3,(H,22,24). The normalized spacial score (nSPS) is 10.8. The van der Waals surface area contributed by atoms with E-state index in [1.807, 2.05) is 6.92 Å². The van der Waals surface area contributed by atoms with Crippen LogP contribution in [0.4, 0.5) is 10.1 Å². The summed E-state index contributed by atoms with van der Waals surface area (Å²) in [5.41, 5.74) is 0.435. The Morgan fingerprint density at radius 2 is 2.12 bits per heavy atom. The van der Waals surface area contributed by atoms with Crippen LogP contribution in [0.3, 0.4) is 0 Å². The number of fused-ring (bicyclic) bond motifs is 1. The van der Waals surface area contributed by atoms with E-state index in [4.69, 9.17) is 0 Å². The quantitative estimate of drug-likeness (QED) is 0.773. The molecule has 1 amide bonds. The van der Waals surface area contributed by atoms with Crippen molar-refractivity contribution < 1.29 is 9.18 Å². The molecular weight excluding hydrogens is 321 g/mol. The van der Waals surface area contributed by atoms with Gasteiger partial charge in [-0.05, 0) is 42.1 Å². The molecule has 128 valence electrons. The smallest absolute Gasteiger partial charge is 0.272 e. The predicted molar refractivity (Wildman–Crippen MR) is 95.3 cm³/mol. The fourth-order valence-electron chi connectivity index (χ4n) is 2.68. The van der Waals surface area contributed by atoms with E-state index < -0.39 is 11.7 Å². The van der Waals surface area contributed by atoms with Gasteiger partial charge in [-0.1, -0.05) is 19.4 Å². The second-order valence-corrected chi connectivity index (χ2v) is 5.77. The fraction of sp³-hybridized carbons (Fsp3) is 0.211. The molecule has 0 unspecified atom stereocenters. The molecule has 0 radical (unpaired) electrons. The summed E-state index contributed by atoms with van der Waals surface area (Å²) in [5, 5.41) is 3.55. The second kappa shape index (κ2) is 7.25. The first-order chi connectivity index (χ1) is 12.1. The van der Waals surface area contributed by atoms with Gasteiger partial charge in [-0.25, -0.2) is 4.39 Å². The Morgan fingerprint density at radius 3 is 2.84 bits per heavy atom. The van der Waals surface area contributed by atoms with E-state index in [1.165, 1.54) is 29.0 Å². The van der Waals surface area contributed by atoms with Gasteiger partial charge in [-0.2, -0.15) is 0 Å². The van der Waals surface area contributed by atoms with E-state index in [0.717, 1.165) is 12.8 Å². The summed E-state index contributed by atoms with van der Waals surface area (Å²) < 4.78 is 14.9. The average Bonchev–Trinajstić information content (AvgIpc) is 2.62. The molecule has 0 aliphatic rings. The molecule has 0 saturated carbocycles. The van der Waals surface area contributed by atoms with Gasteiger partial charge >= 0.3 is 0 Å². The molecule has 0 aliphatic carbocycles. The Labute approximate surface area is 144 Å². The third-order valence-electron chi connectivity index (χ3n) is 3.96. The van der Waals surface area contributed by atoms with Crippen LogP contribution in [0, 0.1) is 5.82 Å². The van der Waals surface area contributed by atoms with Crippen molar-refractivity contribution in [3.05, 3.63) is 70.7 Å². The maximum atomic E-state index is 13.5. The lowest BCUT2D eigenvalue weighted by Crippen LogP contribution is -2.29. The number of nitrogens with zero attached hydrogens (tertiary/aromatic N) is 2. The number of pyridine rings is 2. The lowest BCUT2D eigenvalue weighted by atomic mass is 10.1. The predicted octanol–water partition coefficient (Wildman–Crippen LogP) is 3.59. The van der Waals surface area contributed by atoms with Gasteiger partial charge in [0.1, 0.15) is 11.5 Å². The molecule has 3 rings (SSSR count). The van der Waals surface area contributed by atoms with E-state index >= 15 is 0 Å². The van der Waals surface area contributed by atoms with Crippen LogP contribution in [-0.4, -0.2) is 15.5 Å². The molecule has 1 N–H and O–H groups in total. The number of unbranched alkanes of at least 4 members (excludes halogenated alkanes) is 1. The molecule has 2 heterocycles. The maximum absolute atomic E-state index is 13.5. The minimum absolute atomic E-state index is 0.251. The van der Waals surface area contributed by atoms with Crippen molar-refractivity contribution >= 4 is 22.4 Å². The summed E-state index contributed by atoms with van der Waals surface area (Å²) in [4.78, 5) is 29.4. The molecule has 0 atom stereocenters. The average molecular weight is 339 g/mol. The van der Waals surface area contributed by atoms with Crippen LogP contribution in [0.5, 0.6) is 0 Å². The van der Waals surface area contributed by atoms with Crippen LogP contribution in [0.25, 0.3) is 10.8 Å². The topological polar surface area (TPSA) is 64.0 Å². The van der Waals surface area contributed by atoms with Crippen molar-refractivity contribution in [2.24, 2.45) is 0 Å². The number of aromatic nitrogens is 2. The van der Waals surface area contributed by atoms with Crippen LogP contribution >= 0.6 is 0 Å². The number of hydrogen-bond donors (Lipinski definition) is 1. The highest BCUT2D eigenvalue weighted by atomic mass is 19.1. The van der Waals surface area contributed by atoms with E-state index in [0.29, 0.717) is 17.6 Å². The fourth-order valence-corrected chi connectivity index (χ4v) is 2.68. The Kier molecular flexibility index (Phi) is 4.88. The van der Waals surface area contributed by atoms with Crippen LogP contribution in [0.15, 0.2) is 53.6 Å². The van der Waals surface area contributed by atoms with Gasteiger partial charge < -0.3 is 9.88 Å². The van der Waals surface area contributed by atoms with Gasteiger partial charge in [0.05, 0.1) is 17.3 Å². The Balaban J connectivity index is 2.10. The zero-order valence-electron chi connectivity index (χ0n) is 13.8. The van der Waals surface area contributed by atoms with Crippen LogP contribution in [-0.2, 0) is 6.54 Å². The number of halogens is 1. The van der Waals surface area contributed by atoms with E-state index in [2.05, 4.69) is 10.3 Å². The number of benzene rings is 1. The van der Waals surface area contributed by atoms with Gasteiger partial charge in [0.15, 0.2) is 0 Å². The van der Waals surface area contributed by atoms with Crippen molar-refractivity contribution in [1.82, 2.24) is 9.55 Å². The van der Waals surface area contributed by atoms with Crippen LogP contribution in [0.2, 0.25) is 0 Å². The number of anilines is 1. The van der Waals surface area contributed by atoms with Crippen molar-refractivity contribution in [2.45, 2.75) is 26.3 Å². The first kappa shape index (κ1) is 16.8. The van der Waals surface area contributed by atoms with E-state index in [1.54, 1.807) is 24.4 Å². The summed E-state index contributed by atoms with van der Waals surface area (Å²) in [5.74, 6) is -0.869. The van der Waals surface area contributed by atoms with E-state index in [-0.39, 0.29) is 16.6 Å². The highest BCUT2D eigenvalue weighted by Crippen LogP contribution is 2.16. The second-order valence-electron chi connectivity index (χ2n) is 5.77. The monoisotopic (exact) mass is 339 g/mol. The molecule has 3 aromatic rings. The van der Waals surface area contributed by atoms with Crippen molar-refractivity contribution in [3.8, 4) is 0 Å². The molecule has 1 aromatic carbocycles. The summed E-state index contributed by atoms with van der Waals surface area (Å²) in [6.45, 7) is 2.40. The minimum Gasteiger partial charge on any atom is -0.319 e. The number of carbonyl (C=O) groups is 1. The highest BCUT2D eigenvalue weighted by molar-refractivity contribution is 6.05. The summed E-state index contributed by atoms with van der Waals surface area (Å²) >= 11 is 0. The molecule has 0 aliphatic heterocycles. The first-order valence-corrected chi connectivity index (χ1v) is 8.14. The van der Waals surface area contributed by atoms with Gasteiger partial charge in [-0.3, -0.25) is 14.6 Å². The molecule has 6 heteroatoms. The number of amides is 1. The maximum Gasteiger partial charge on any atom is 0.272 e. The number of carbonyl (C=O) groups excluding carboxylic acids is 1. The molecular formula is C19H18FN3O2. The molecule has 0 saturated heterocycles. The van der Waals surface area contributed by atoms with E-state index in [9.17, 15) is 14.0 Å². The lowest BCUT2D eigenvalue weighted by Gasteiger charge is -2.14. The number of hydrogen-bond acceptors (Lipinski definition) is 3. The van der Waals surface area contributed by atoms with Crippen molar-refractivity contribution in [1.29, 1.82) is 0 Å². The summed E-state index contributed by atoms with van der Waals surface area (Å²) in [7, 11) is 0. The third kappa shape index (κ3) is 3.57. The minimum atomic E-state index is -0.473. The molecule has 2 aromatic heterocycles. The highest BCUT2D eigenvalue weighted by Gasteiger charge is 2.16. The summed E-state index contributed by atoms with van der Waals surface area (Å²) in [6.07, 6.45) is 4.76. The van der Waals surface area contributed by atoms with Gasteiger partial charge in [0, 0.05) is 12.7 Å². The first-order valence-electron chi connectivity index (χ1n) is 8.14. The van der Waals surface area contributed by atoms with Gasteiger partial charge in [0.2, 0.25) is 0 Å². The number of rotatable bonds is 5. The van der Waals surface area contributed by atoms with Gasteiger partial charge in [-0.15, -0.1) is 0 Å². The third-order valence-corrected chi connectivity index (χ3v) is 3.96. The summed E-state index contributed by atoms with van der Waals surface area (Å²) in [6, 6.07) is 9.05. The Bertz CT molecular complexity index is 968. The SMILES string of the molecule is CCCCn1c(C(=O)Nc2cccnc2)cc2ccc(F)cc2c1=O. The molecule has 0 spiro atoms. The largest absolute Gasteiger partial charge is 0.319 e. The molecule has 5 nitrogen and oxygen atoms in total. The lowest BCUT2D eigenvalue weighted by molar-refractivity contribution is 0.101. The molecule has 25 heavy (non-hydrogen) atoms. The molecule has 0 fully saturated rings. The Hall–Kier alpha value is -3.02. The van der Waals surface area contributed by atoms with Crippen molar-refractivity contribution in [3.63, 3.8) is 0 Å².